The summed E-state index contributed by atoms with van der Waals surface area (Å²) in [7, 11) is 0. The van der Waals surface area contributed by atoms with E-state index in [4.69, 9.17) is 0 Å². The second kappa shape index (κ2) is 7.78. The highest BCUT2D eigenvalue weighted by Gasteiger charge is 2.50. The van der Waals surface area contributed by atoms with E-state index in [1.54, 1.807) is 4.90 Å². The minimum atomic E-state index is -1.18. The third-order valence-corrected chi connectivity index (χ3v) is 7.56. The number of benzene rings is 1. The van der Waals surface area contributed by atoms with Gasteiger partial charge in [0.1, 0.15) is 29.7 Å². The van der Waals surface area contributed by atoms with E-state index in [0.717, 1.165) is 12.8 Å². The highest BCUT2D eigenvalue weighted by atomic mass is 19.1. The number of carbonyl (C=O) groups excluding carboxylic acids is 2. The van der Waals surface area contributed by atoms with Crippen LogP contribution in [0.4, 0.5) is 13.2 Å². The molecular formula is C23H23F3N4O4. The lowest BCUT2D eigenvalue weighted by atomic mass is 9.67. The molecule has 2 fully saturated rings. The smallest absolute Gasteiger partial charge is 0.278 e. The van der Waals surface area contributed by atoms with Gasteiger partial charge in [-0.1, -0.05) is 0 Å². The molecule has 1 aromatic carbocycles. The van der Waals surface area contributed by atoms with Crippen molar-refractivity contribution in [2.45, 2.75) is 45.3 Å². The Morgan fingerprint density at radius 1 is 1.09 bits per heavy atom. The molecule has 0 spiro atoms. The van der Waals surface area contributed by atoms with Crippen LogP contribution < -0.4 is 15.8 Å². The summed E-state index contributed by atoms with van der Waals surface area (Å²) in [5.41, 5.74) is -2.35. The lowest BCUT2D eigenvalue weighted by Gasteiger charge is -2.43. The van der Waals surface area contributed by atoms with Gasteiger partial charge < -0.3 is 15.3 Å². The van der Waals surface area contributed by atoms with Crippen molar-refractivity contribution in [2.24, 2.45) is 11.8 Å². The summed E-state index contributed by atoms with van der Waals surface area (Å²) < 4.78 is 42.3. The quantitative estimate of drug-likeness (QED) is 0.708. The monoisotopic (exact) mass is 476 g/mol. The number of aromatic hydroxyl groups is 1. The number of hydrogen-bond acceptors (Lipinski definition) is 5. The number of nitrogens with one attached hydrogen (secondary N) is 1. The largest absolute Gasteiger partial charge is 0.502 e. The van der Waals surface area contributed by atoms with Crippen LogP contribution in [0.5, 0.6) is 5.75 Å². The summed E-state index contributed by atoms with van der Waals surface area (Å²) >= 11 is 0. The molecule has 2 aromatic rings. The van der Waals surface area contributed by atoms with Crippen molar-refractivity contribution in [3.63, 3.8) is 0 Å². The fraction of sp³-hybridized carbons (Fsp3) is 0.435. The van der Waals surface area contributed by atoms with Crippen molar-refractivity contribution in [2.75, 3.05) is 11.7 Å². The number of pyridine rings is 1. The second-order valence-corrected chi connectivity index (χ2v) is 9.19. The third-order valence-electron chi connectivity index (χ3n) is 7.56. The number of aromatic nitrogens is 1. The Labute approximate surface area is 192 Å². The highest BCUT2D eigenvalue weighted by molar-refractivity contribution is 5.99. The van der Waals surface area contributed by atoms with Crippen LogP contribution in [0.1, 0.15) is 53.1 Å². The third kappa shape index (κ3) is 3.17. The van der Waals surface area contributed by atoms with Crippen LogP contribution in [0.3, 0.4) is 0 Å². The summed E-state index contributed by atoms with van der Waals surface area (Å²) in [6, 6.07) is 0.872. The van der Waals surface area contributed by atoms with Gasteiger partial charge in [0.05, 0.1) is 0 Å². The second-order valence-electron chi connectivity index (χ2n) is 9.19. The zero-order valence-corrected chi connectivity index (χ0v) is 18.5. The molecule has 4 atom stereocenters. The molecular weight excluding hydrogens is 453 g/mol. The van der Waals surface area contributed by atoms with Crippen LogP contribution >= 0.6 is 0 Å². The Bertz CT molecular complexity index is 1260. The normalized spacial score (nSPS) is 25.3. The lowest BCUT2D eigenvalue weighted by molar-refractivity contribution is 0.0463. The maximum atomic E-state index is 13.9. The number of fused-ring (bicyclic) bond motifs is 5. The average Bonchev–Trinajstić information content (AvgIpc) is 2.79. The van der Waals surface area contributed by atoms with Crippen LogP contribution in [-0.2, 0) is 6.54 Å². The van der Waals surface area contributed by atoms with E-state index in [1.807, 2.05) is 18.9 Å². The topological polar surface area (TPSA) is 94.9 Å². The van der Waals surface area contributed by atoms with Crippen molar-refractivity contribution in [1.82, 2.24) is 14.9 Å². The predicted octanol–water partition coefficient (Wildman–Crippen LogP) is 2.07. The van der Waals surface area contributed by atoms with E-state index in [2.05, 4.69) is 5.32 Å². The molecule has 11 heteroatoms. The first-order valence-electron chi connectivity index (χ1n) is 11.1. The van der Waals surface area contributed by atoms with E-state index < -0.39 is 58.1 Å². The van der Waals surface area contributed by atoms with E-state index in [-0.39, 0.29) is 24.4 Å². The van der Waals surface area contributed by atoms with Crippen molar-refractivity contribution in [1.29, 1.82) is 0 Å². The molecule has 2 aliphatic heterocycles. The summed E-state index contributed by atoms with van der Waals surface area (Å²) in [6.07, 6.45) is 3.15. The van der Waals surface area contributed by atoms with Crippen LogP contribution in [0.2, 0.25) is 0 Å². The molecule has 3 aliphatic rings. The number of carbonyl (C=O) groups is 2. The van der Waals surface area contributed by atoms with Gasteiger partial charge in [-0.3, -0.25) is 24.1 Å². The predicted molar refractivity (Wildman–Crippen MR) is 114 cm³/mol. The number of amides is 2. The Kier molecular flexibility index (Phi) is 5.10. The zero-order valence-electron chi connectivity index (χ0n) is 18.5. The molecule has 1 saturated heterocycles. The fourth-order valence-electron chi connectivity index (χ4n) is 5.42. The molecule has 5 rings (SSSR count). The Morgan fingerprint density at radius 2 is 1.71 bits per heavy atom. The number of nitrogens with zero attached hydrogens (tertiary/aromatic N) is 3. The van der Waals surface area contributed by atoms with Gasteiger partial charge in [0, 0.05) is 42.5 Å². The van der Waals surface area contributed by atoms with Crippen LogP contribution in [0.15, 0.2) is 23.1 Å². The molecule has 3 heterocycles. The molecule has 2 amide bonds. The van der Waals surface area contributed by atoms with Gasteiger partial charge in [-0.25, -0.2) is 13.2 Å². The number of halogens is 3. The van der Waals surface area contributed by atoms with E-state index in [1.165, 1.54) is 10.9 Å². The molecule has 0 radical (unpaired) electrons. The van der Waals surface area contributed by atoms with Gasteiger partial charge in [0.25, 0.3) is 11.8 Å². The number of rotatable bonds is 3. The first kappa shape index (κ1) is 22.3. The molecule has 1 aromatic heterocycles. The van der Waals surface area contributed by atoms with Gasteiger partial charge in [0.15, 0.2) is 11.4 Å². The first-order valence-corrected chi connectivity index (χ1v) is 11.1. The number of hydrogen-bond donors (Lipinski definition) is 2. The van der Waals surface area contributed by atoms with Gasteiger partial charge in [-0.15, -0.1) is 0 Å². The minimum absolute atomic E-state index is 0.0294. The summed E-state index contributed by atoms with van der Waals surface area (Å²) in [5.74, 6) is -5.21. The van der Waals surface area contributed by atoms with Gasteiger partial charge in [-0.2, -0.15) is 0 Å². The zero-order chi connectivity index (χ0) is 24.5. The SMILES string of the molecule is C[C@@H]1[C@H]2CC[C@H]2[C@H](C)N2CN1n1cc(C(=O)NCc3c(F)cc(F)cc3F)c(=O)c(O)c1C2=O. The first-order chi connectivity index (χ1) is 16.1. The lowest BCUT2D eigenvalue weighted by Crippen LogP contribution is -2.57. The van der Waals surface area contributed by atoms with E-state index >= 15 is 0 Å². The van der Waals surface area contributed by atoms with E-state index in [9.17, 15) is 32.7 Å². The molecule has 2 bridgehead atoms. The molecule has 180 valence electrons. The molecule has 8 nitrogen and oxygen atoms in total. The van der Waals surface area contributed by atoms with Crippen LogP contribution in [-0.4, -0.2) is 45.2 Å². The highest BCUT2D eigenvalue weighted by Crippen LogP contribution is 2.45. The molecule has 34 heavy (non-hydrogen) atoms. The Hall–Kier alpha value is -3.50. The van der Waals surface area contributed by atoms with Crippen LogP contribution in [0.25, 0.3) is 0 Å². The minimum Gasteiger partial charge on any atom is -0.502 e. The summed E-state index contributed by atoms with van der Waals surface area (Å²) in [5, 5.41) is 14.7. The maximum Gasteiger partial charge on any atom is 0.278 e. The molecule has 0 unspecified atom stereocenters. The standard InChI is InChI=1S/C23H23F3N4O4/c1-10-13-3-4-14(13)11(2)30-9-28(10)23(34)19-21(32)20(31)16(8-29(19)30)22(33)27-7-15-17(25)5-12(24)6-18(15)26/h5-6,8,10-11,13-14,32H,3-4,7,9H2,1-2H3,(H,27,33)/t10-,11+,13-,14+/m0/s1. The fourth-order valence-corrected chi connectivity index (χ4v) is 5.42. The molecule has 1 saturated carbocycles. The van der Waals surface area contributed by atoms with Crippen molar-refractivity contribution >= 4 is 11.8 Å². The van der Waals surface area contributed by atoms with Gasteiger partial charge >= 0.3 is 0 Å². The van der Waals surface area contributed by atoms with E-state index in [0.29, 0.717) is 24.0 Å². The Morgan fingerprint density at radius 3 is 2.32 bits per heavy atom. The van der Waals surface area contributed by atoms with Crippen molar-refractivity contribution < 1.29 is 27.9 Å². The van der Waals surface area contributed by atoms with Crippen LogP contribution in [0, 0.1) is 29.3 Å². The van der Waals surface area contributed by atoms with Crippen molar-refractivity contribution in [3.05, 3.63) is 62.8 Å². The molecule has 1 aliphatic carbocycles. The van der Waals surface area contributed by atoms with Gasteiger partial charge in [0.2, 0.25) is 5.43 Å². The van der Waals surface area contributed by atoms with Crippen molar-refractivity contribution in [3.8, 4) is 5.75 Å². The summed E-state index contributed by atoms with van der Waals surface area (Å²) in [4.78, 5) is 40.4. The summed E-state index contributed by atoms with van der Waals surface area (Å²) in [6.45, 7) is 3.55. The average molecular weight is 476 g/mol. The maximum absolute atomic E-state index is 13.9. The molecule has 2 N–H and O–H groups in total. The van der Waals surface area contributed by atoms with Gasteiger partial charge in [-0.05, 0) is 38.5 Å². The Balaban J connectivity index is 1.51.